The summed E-state index contributed by atoms with van der Waals surface area (Å²) in [7, 11) is 0. The van der Waals surface area contributed by atoms with Gasteiger partial charge in [-0.2, -0.15) is 0 Å². The molecular weight excluding hydrogens is 372 g/mol. The van der Waals surface area contributed by atoms with E-state index in [1.807, 2.05) is 44.4 Å². The smallest absolute Gasteiger partial charge is 0.326 e. The van der Waals surface area contributed by atoms with Gasteiger partial charge in [0.1, 0.15) is 29.9 Å². The highest BCUT2D eigenvalue weighted by atomic mass is 79.9. The third kappa shape index (κ3) is 2.96. The van der Waals surface area contributed by atoms with E-state index in [1.54, 1.807) is 0 Å². The predicted molar refractivity (Wildman–Crippen MR) is 97.7 cm³/mol. The Kier molecular flexibility index (Phi) is 3.99. The van der Waals surface area contributed by atoms with Crippen molar-refractivity contribution in [3.63, 3.8) is 0 Å². The average molecular weight is 391 g/mol. The van der Waals surface area contributed by atoms with Crippen LogP contribution in [-0.4, -0.2) is 26.1 Å². The van der Waals surface area contributed by atoms with Crippen molar-refractivity contribution in [2.45, 2.75) is 39.8 Å². The van der Waals surface area contributed by atoms with Gasteiger partial charge in [0.15, 0.2) is 0 Å². The Bertz CT molecular complexity index is 957. The van der Waals surface area contributed by atoms with Crippen LogP contribution < -0.4 is 5.73 Å². The van der Waals surface area contributed by atoms with E-state index < -0.39 is 5.60 Å². The lowest BCUT2D eigenvalue weighted by molar-refractivity contribution is -0.155. The summed E-state index contributed by atoms with van der Waals surface area (Å²) in [5.74, 6) is 0.0720. The van der Waals surface area contributed by atoms with Gasteiger partial charge in [-0.25, -0.2) is 9.97 Å². The van der Waals surface area contributed by atoms with Crippen LogP contribution in [0.15, 0.2) is 22.9 Å². The second-order valence-electron chi connectivity index (χ2n) is 6.75. The molecule has 0 saturated heterocycles. The van der Waals surface area contributed by atoms with E-state index >= 15 is 0 Å². The van der Waals surface area contributed by atoms with Gasteiger partial charge in [-0.05, 0) is 45.4 Å². The molecule has 3 rings (SSSR count). The highest BCUT2D eigenvalue weighted by Gasteiger charge is 2.21. The molecule has 0 aliphatic carbocycles. The van der Waals surface area contributed by atoms with E-state index in [1.165, 1.54) is 6.33 Å². The van der Waals surface area contributed by atoms with Crippen molar-refractivity contribution in [2.75, 3.05) is 5.73 Å². The van der Waals surface area contributed by atoms with Crippen LogP contribution in [0.25, 0.3) is 21.9 Å². The number of aromatic nitrogens is 3. The Morgan fingerprint density at radius 1 is 1.33 bits per heavy atom. The summed E-state index contributed by atoms with van der Waals surface area (Å²) < 4.78 is 8.25. The molecule has 0 atom stereocenters. The monoisotopic (exact) mass is 390 g/mol. The first-order valence-corrected chi connectivity index (χ1v) is 8.37. The molecule has 126 valence electrons. The minimum absolute atomic E-state index is 0.0643. The molecule has 2 heterocycles. The number of fused-ring (bicyclic) bond motifs is 3. The lowest BCUT2D eigenvalue weighted by Gasteiger charge is -2.20. The van der Waals surface area contributed by atoms with Crippen LogP contribution in [0.5, 0.6) is 0 Å². The van der Waals surface area contributed by atoms with Gasteiger partial charge >= 0.3 is 5.97 Å². The molecule has 0 bridgehead atoms. The molecule has 2 N–H and O–H groups in total. The van der Waals surface area contributed by atoms with E-state index in [4.69, 9.17) is 10.5 Å². The van der Waals surface area contributed by atoms with Crippen molar-refractivity contribution in [1.29, 1.82) is 0 Å². The number of ether oxygens (including phenoxy) is 1. The summed E-state index contributed by atoms with van der Waals surface area (Å²) in [6, 6.07) is 3.99. The van der Waals surface area contributed by atoms with Gasteiger partial charge in [-0.15, -0.1) is 0 Å². The summed E-state index contributed by atoms with van der Waals surface area (Å²) in [5, 5.41) is 1.65. The number of nitrogens with two attached hydrogens (primary N) is 1. The van der Waals surface area contributed by atoms with Gasteiger partial charge in [-0.1, -0.05) is 15.9 Å². The number of benzene rings is 1. The molecule has 24 heavy (non-hydrogen) atoms. The Hall–Kier alpha value is -2.15. The number of anilines is 1. The van der Waals surface area contributed by atoms with Crippen LogP contribution in [0.3, 0.4) is 0 Å². The fraction of sp³-hybridized carbons (Fsp3) is 0.353. The lowest BCUT2D eigenvalue weighted by Crippen LogP contribution is -2.26. The molecule has 0 saturated carbocycles. The molecule has 0 aliphatic heterocycles. The Labute approximate surface area is 148 Å². The third-order valence-corrected chi connectivity index (χ3v) is 4.51. The first-order chi connectivity index (χ1) is 11.2. The minimum atomic E-state index is -0.539. The van der Waals surface area contributed by atoms with Crippen molar-refractivity contribution in [3.8, 4) is 0 Å². The van der Waals surface area contributed by atoms with Gasteiger partial charge < -0.3 is 15.0 Å². The summed E-state index contributed by atoms with van der Waals surface area (Å²) in [6.45, 7) is 7.59. The summed E-state index contributed by atoms with van der Waals surface area (Å²) >= 11 is 3.54. The van der Waals surface area contributed by atoms with E-state index in [9.17, 15) is 4.79 Å². The Morgan fingerprint density at radius 2 is 2.04 bits per heavy atom. The first-order valence-electron chi connectivity index (χ1n) is 7.58. The van der Waals surface area contributed by atoms with E-state index in [0.29, 0.717) is 11.5 Å². The van der Waals surface area contributed by atoms with Crippen molar-refractivity contribution in [2.24, 2.45) is 0 Å². The number of carbonyl (C=O) groups is 1. The number of hydrogen-bond donors (Lipinski definition) is 1. The van der Waals surface area contributed by atoms with Gasteiger partial charge in [0.05, 0.1) is 10.9 Å². The van der Waals surface area contributed by atoms with Gasteiger partial charge in [-0.3, -0.25) is 4.79 Å². The molecular formula is C17H19BrN4O2. The lowest BCUT2D eigenvalue weighted by atomic mass is 10.1. The molecule has 2 aromatic heterocycles. The Balaban J connectivity index is 2.23. The third-order valence-electron chi connectivity index (χ3n) is 3.66. The molecule has 7 heteroatoms. The molecule has 0 radical (unpaired) electrons. The summed E-state index contributed by atoms with van der Waals surface area (Å²) in [5.41, 5.74) is 8.08. The van der Waals surface area contributed by atoms with Gasteiger partial charge in [0.25, 0.3) is 0 Å². The summed E-state index contributed by atoms with van der Waals surface area (Å²) in [4.78, 5) is 20.7. The zero-order chi connectivity index (χ0) is 17.6. The minimum Gasteiger partial charge on any atom is -0.459 e. The fourth-order valence-electron chi connectivity index (χ4n) is 2.72. The number of carbonyl (C=O) groups excluding carboxylic acids is 1. The van der Waals surface area contributed by atoms with Gasteiger partial charge in [0, 0.05) is 9.86 Å². The Morgan fingerprint density at radius 3 is 2.71 bits per heavy atom. The molecule has 1 aromatic carbocycles. The second-order valence-corrected chi connectivity index (χ2v) is 7.60. The van der Waals surface area contributed by atoms with Crippen LogP contribution in [0.1, 0.15) is 26.3 Å². The number of nitrogen functional groups attached to an aromatic ring is 1. The molecule has 0 aliphatic rings. The topological polar surface area (TPSA) is 83.0 Å². The highest BCUT2D eigenvalue weighted by molar-refractivity contribution is 9.10. The molecule has 0 spiro atoms. The largest absolute Gasteiger partial charge is 0.459 e. The quantitative estimate of drug-likeness (QED) is 0.676. The number of nitrogens with zero attached hydrogens (tertiary/aromatic N) is 3. The van der Waals surface area contributed by atoms with E-state index in [2.05, 4.69) is 25.9 Å². The number of esters is 1. The van der Waals surface area contributed by atoms with Crippen molar-refractivity contribution in [3.05, 3.63) is 28.5 Å². The first kappa shape index (κ1) is 16.7. The predicted octanol–water partition coefficient (Wildman–Crippen LogP) is 3.58. The zero-order valence-electron chi connectivity index (χ0n) is 14.1. The van der Waals surface area contributed by atoms with Crippen molar-refractivity contribution < 1.29 is 9.53 Å². The standard InChI is InChI=1S/C17H19BrN4O2/c1-9-5-12-10(6-11(9)18)14-15(19)20-8-21-16(14)22(12)7-13(23)24-17(2,3)4/h5-6,8H,7H2,1-4H3,(H2,19,20,21). The second kappa shape index (κ2) is 5.73. The normalized spacial score (nSPS) is 12.0. The maximum atomic E-state index is 12.3. The molecule has 0 fully saturated rings. The molecule has 0 unspecified atom stereocenters. The van der Waals surface area contributed by atoms with Crippen molar-refractivity contribution >= 4 is 49.7 Å². The van der Waals surface area contributed by atoms with Crippen molar-refractivity contribution in [1.82, 2.24) is 14.5 Å². The van der Waals surface area contributed by atoms with E-state index in [0.717, 1.165) is 26.3 Å². The number of aryl methyl sites for hydroxylation is 1. The number of rotatable bonds is 2. The highest BCUT2D eigenvalue weighted by Crippen LogP contribution is 2.34. The van der Waals surface area contributed by atoms with Crippen LogP contribution in [0.2, 0.25) is 0 Å². The van der Waals surface area contributed by atoms with E-state index in [-0.39, 0.29) is 12.5 Å². The van der Waals surface area contributed by atoms with Crippen LogP contribution in [0, 0.1) is 6.92 Å². The molecule has 0 amide bonds. The number of hydrogen-bond acceptors (Lipinski definition) is 5. The maximum Gasteiger partial charge on any atom is 0.326 e. The van der Waals surface area contributed by atoms with Crippen LogP contribution >= 0.6 is 15.9 Å². The van der Waals surface area contributed by atoms with Gasteiger partial charge in [0.2, 0.25) is 0 Å². The van der Waals surface area contributed by atoms with Crippen LogP contribution in [-0.2, 0) is 16.1 Å². The molecule has 6 nitrogen and oxygen atoms in total. The fourth-order valence-corrected chi connectivity index (χ4v) is 3.06. The average Bonchev–Trinajstić information content (AvgIpc) is 2.73. The SMILES string of the molecule is Cc1cc2c(cc1Br)c1c(N)ncnc1n2CC(=O)OC(C)(C)C. The van der Waals surface area contributed by atoms with Crippen LogP contribution in [0.4, 0.5) is 5.82 Å². The summed E-state index contributed by atoms with van der Waals surface area (Å²) in [6.07, 6.45) is 1.41. The number of halogens is 1. The molecule has 3 aromatic rings. The maximum absolute atomic E-state index is 12.3. The zero-order valence-corrected chi connectivity index (χ0v) is 15.6.